The van der Waals surface area contributed by atoms with E-state index in [0.29, 0.717) is 24.0 Å². The largest absolute Gasteiger partial charge is 0.377 e. The van der Waals surface area contributed by atoms with Gasteiger partial charge in [0.1, 0.15) is 0 Å². The van der Waals surface area contributed by atoms with Crippen molar-refractivity contribution in [3.63, 3.8) is 0 Å². The van der Waals surface area contributed by atoms with Crippen LogP contribution in [0.15, 0.2) is 0 Å². The summed E-state index contributed by atoms with van der Waals surface area (Å²) in [6.45, 7) is 2.86. The van der Waals surface area contributed by atoms with Crippen molar-refractivity contribution >= 4 is 5.91 Å². The van der Waals surface area contributed by atoms with Crippen LogP contribution in [-0.2, 0) is 9.53 Å². The van der Waals surface area contributed by atoms with Gasteiger partial charge >= 0.3 is 0 Å². The minimum Gasteiger partial charge on any atom is -0.377 e. The molecule has 102 valence electrons. The molecule has 3 saturated heterocycles. The molecule has 3 fully saturated rings. The normalized spacial score (nSPS) is 43.4. The maximum absolute atomic E-state index is 12.7. The summed E-state index contributed by atoms with van der Waals surface area (Å²) in [5, 5.41) is 0. The zero-order valence-corrected chi connectivity index (χ0v) is 11.2. The topological polar surface area (TPSA) is 55.6 Å². The van der Waals surface area contributed by atoms with E-state index in [1.165, 1.54) is 0 Å². The summed E-state index contributed by atoms with van der Waals surface area (Å²) in [7, 11) is 0. The molecule has 0 radical (unpaired) electrons. The third-order valence-electron chi connectivity index (χ3n) is 4.95. The molecule has 0 saturated carbocycles. The standard InChI is InChI=1S/C14H24N2O2/c1-2-13-12(5-6-18-13)14(17)16-10-3-4-11(16)8-9(15)7-10/h9-13H,2-8,15H2,1H3. The van der Waals surface area contributed by atoms with Gasteiger partial charge in [0.15, 0.2) is 0 Å². The highest BCUT2D eigenvalue weighted by molar-refractivity contribution is 5.81. The Morgan fingerprint density at radius 2 is 1.94 bits per heavy atom. The van der Waals surface area contributed by atoms with Crippen LogP contribution in [0.4, 0.5) is 0 Å². The van der Waals surface area contributed by atoms with Gasteiger partial charge in [-0.2, -0.15) is 0 Å². The summed E-state index contributed by atoms with van der Waals surface area (Å²) < 4.78 is 5.67. The molecular weight excluding hydrogens is 228 g/mol. The van der Waals surface area contributed by atoms with Crippen molar-refractivity contribution in [2.45, 2.75) is 69.7 Å². The molecule has 0 aliphatic carbocycles. The number of hydrogen-bond acceptors (Lipinski definition) is 3. The third-order valence-corrected chi connectivity index (χ3v) is 4.95. The summed E-state index contributed by atoms with van der Waals surface area (Å²) in [6.07, 6.45) is 6.27. The fourth-order valence-electron chi connectivity index (χ4n) is 4.10. The Bertz CT molecular complexity index is 320. The van der Waals surface area contributed by atoms with Crippen molar-refractivity contribution < 1.29 is 9.53 Å². The van der Waals surface area contributed by atoms with Crippen LogP contribution in [0.5, 0.6) is 0 Å². The van der Waals surface area contributed by atoms with E-state index < -0.39 is 0 Å². The van der Waals surface area contributed by atoms with Crippen LogP contribution in [0, 0.1) is 5.92 Å². The van der Waals surface area contributed by atoms with E-state index in [0.717, 1.165) is 45.1 Å². The lowest BCUT2D eigenvalue weighted by molar-refractivity contribution is -0.142. The van der Waals surface area contributed by atoms with Crippen molar-refractivity contribution in [2.24, 2.45) is 11.7 Å². The number of fused-ring (bicyclic) bond motifs is 2. The molecule has 3 aliphatic rings. The van der Waals surface area contributed by atoms with Gasteiger partial charge in [0, 0.05) is 24.7 Å². The number of amides is 1. The first-order chi connectivity index (χ1) is 8.70. The highest BCUT2D eigenvalue weighted by Crippen LogP contribution is 2.38. The summed E-state index contributed by atoms with van der Waals surface area (Å²) in [6, 6.07) is 1.11. The van der Waals surface area contributed by atoms with Gasteiger partial charge in [-0.05, 0) is 38.5 Å². The predicted molar refractivity (Wildman–Crippen MR) is 69.0 cm³/mol. The molecule has 4 nitrogen and oxygen atoms in total. The van der Waals surface area contributed by atoms with Gasteiger partial charge in [-0.15, -0.1) is 0 Å². The zero-order chi connectivity index (χ0) is 12.7. The Hall–Kier alpha value is -0.610. The van der Waals surface area contributed by atoms with E-state index in [4.69, 9.17) is 10.5 Å². The number of hydrogen-bond donors (Lipinski definition) is 1. The zero-order valence-electron chi connectivity index (χ0n) is 11.2. The van der Waals surface area contributed by atoms with Crippen molar-refractivity contribution in [2.75, 3.05) is 6.61 Å². The number of piperidine rings is 1. The maximum Gasteiger partial charge on any atom is 0.228 e. The van der Waals surface area contributed by atoms with Gasteiger partial charge < -0.3 is 15.4 Å². The first-order valence-electron chi connectivity index (χ1n) is 7.40. The Morgan fingerprint density at radius 1 is 1.28 bits per heavy atom. The van der Waals surface area contributed by atoms with E-state index in [9.17, 15) is 4.79 Å². The van der Waals surface area contributed by atoms with Crippen LogP contribution < -0.4 is 5.73 Å². The van der Waals surface area contributed by atoms with Crippen molar-refractivity contribution in [3.05, 3.63) is 0 Å². The molecular formula is C14H24N2O2. The Balaban J connectivity index is 1.73. The summed E-state index contributed by atoms with van der Waals surface area (Å²) in [5.41, 5.74) is 6.06. The second kappa shape index (κ2) is 4.82. The lowest BCUT2D eigenvalue weighted by atomic mass is 9.92. The van der Waals surface area contributed by atoms with E-state index in [-0.39, 0.29) is 12.0 Å². The Labute approximate surface area is 109 Å². The van der Waals surface area contributed by atoms with E-state index in [1.807, 2.05) is 0 Å². The highest BCUT2D eigenvalue weighted by Gasteiger charge is 2.46. The lowest BCUT2D eigenvalue weighted by Crippen LogP contribution is -2.52. The fraction of sp³-hybridized carbons (Fsp3) is 0.929. The molecule has 4 atom stereocenters. The Kier molecular flexibility index (Phi) is 3.32. The van der Waals surface area contributed by atoms with Crippen molar-refractivity contribution in [1.82, 2.24) is 4.90 Å². The molecule has 2 N–H and O–H groups in total. The van der Waals surface area contributed by atoms with E-state index in [1.54, 1.807) is 0 Å². The monoisotopic (exact) mass is 252 g/mol. The smallest absolute Gasteiger partial charge is 0.228 e. The number of nitrogens with zero attached hydrogens (tertiary/aromatic N) is 1. The summed E-state index contributed by atoms with van der Waals surface area (Å²) in [5.74, 6) is 0.450. The molecule has 3 heterocycles. The van der Waals surface area contributed by atoms with Crippen LogP contribution in [0.3, 0.4) is 0 Å². The predicted octanol–water partition coefficient (Wildman–Crippen LogP) is 1.28. The van der Waals surface area contributed by atoms with Crippen LogP contribution in [-0.4, -0.2) is 41.6 Å². The second-order valence-corrected chi connectivity index (χ2v) is 6.07. The summed E-state index contributed by atoms with van der Waals surface area (Å²) >= 11 is 0. The van der Waals surface area contributed by atoms with Gasteiger partial charge in [-0.1, -0.05) is 6.92 Å². The molecule has 3 rings (SSSR count). The summed E-state index contributed by atoms with van der Waals surface area (Å²) in [4.78, 5) is 14.9. The second-order valence-electron chi connectivity index (χ2n) is 6.07. The molecule has 4 unspecified atom stereocenters. The minimum absolute atomic E-state index is 0.104. The number of carbonyl (C=O) groups is 1. The van der Waals surface area contributed by atoms with E-state index in [2.05, 4.69) is 11.8 Å². The third kappa shape index (κ3) is 1.95. The Morgan fingerprint density at radius 3 is 2.56 bits per heavy atom. The van der Waals surface area contributed by atoms with Gasteiger partial charge in [-0.3, -0.25) is 4.79 Å². The molecule has 0 spiro atoms. The molecule has 3 aliphatic heterocycles. The molecule has 2 bridgehead atoms. The molecule has 0 aromatic heterocycles. The lowest BCUT2D eigenvalue weighted by Gasteiger charge is -2.39. The maximum atomic E-state index is 12.7. The fourth-order valence-corrected chi connectivity index (χ4v) is 4.10. The highest BCUT2D eigenvalue weighted by atomic mass is 16.5. The van der Waals surface area contributed by atoms with Crippen molar-refractivity contribution in [3.8, 4) is 0 Å². The molecule has 4 heteroatoms. The molecule has 1 amide bonds. The SMILES string of the molecule is CCC1OCCC1C(=O)N1C2CCC1CC(N)C2. The average molecular weight is 252 g/mol. The van der Waals surface area contributed by atoms with Crippen LogP contribution in [0.2, 0.25) is 0 Å². The number of rotatable bonds is 2. The first kappa shape index (κ1) is 12.4. The van der Waals surface area contributed by atoms with Crippen molar-refractivity contribution in [1.29, 1.82) is 0 Å². The first-order valence-corrected chi connectivity index (χ1v) is 7.40. The molecule has 0 aromatic rings. The van der Waals surface area contributed by atoms with E-state index >= 15 is 0 Å². The van der Waals surface area contributed by atoms with Gasteiger partial charge in [-0.25, -0.2) is 0 Å². The minimum atomic E-state index is 0.104. The van der Waals surface area contributed by atoms with Gasteiger partial charge in [0.2, 0.25) is 5.91 Å². The van der Waals surface area contributed by atoms with Gasteiger partial charge in [0.25, 0.3) is 0 Å². The molecule has 0 aromatic carbocycles. The number of ether oxygens (including phenoxy) is 1. The van der Waals surface area contributed by atoms with Gasteiger partial charge in [0.05, 0.1) is 12.0 Å². The number of nitrogens with two attached hydrogens (primary N) is 1. The number of carbonyl (C=O) groups excluding carboxylic acids is 1. The quantitative estimate of drug-likeness (QED) is 0.805. The van der Waals surface area contributed by atoms with Crippen LogP contribution in [0.1, 0.15) is 45.4 Å². The average Bonchev–Trinajstić information content (AvgIpc) is 2.92. The van der Waals surface area contributed by atoms with Crippen LogP contribution >= 0.6 is 0 Å². The molecule has 18 heavy (non-hydrogen) atoms. The van der Waals surface area contributed by atoms with Crippen LogP contribution in [0.25, 0.3) is 0 Å².